The molecule has 6 heterocycles. The second-order valence-corrected chi connectivity index (χ2v) is 26.5. The van der Waals surface area contributed by atoms with Crippen LogP contribution in [0.25, 0.3) is 44.8 Å². The van der Waals surface area contributed by atoms with E-state index in [0.717, 1.165) is 47.0 Å². The minimum Gasteiger partial charge on any atom is -0.506 e. The van der Waals surface area contributed by atoms with Crippen molar-refractivity contribution in [2.75, 3.05) is 24.7 Å². The molecule has 0 fully saturated rings. The summed E-state index contributed by atoms with van der Waals surface area (Å²) in [4.78, 5) is 162. The van der Waals surface area contributed by atoms with Gasteiger partial charge in [-0.05, 0) is 184 Å². The quantitative estimate of drug-likeness (QED) is 0.0397. The second kappa shape index (κ2) is 38.3. The van der Waals surface area contributed by atoms with Crippen LogP contribution in [0.3, 0.4) is 0 Å². The number of carbonyl (C=O) groups excluding carboxylic acids is 2. The summed E-state index contributed by atoms with van der Waals surface area (Å²) in [5.41, 5.74) is -7.19. The number of aryl methyl sites for hydroxylation is 3. The van der Waals surface area contributed by atoms with Gasteiger partial charge in [-0.25, -0.2) is 55.0 Å². The van der Waals surface area contributed by atoms with Crippen molar-refractivity contribution >= 4 is 148 Å². The number of aromatic hydroxyl groups is 2. The third kappa shape index (κ3) is 19.9. The molecule has 0 spiro atoms. The fourth-order valence-electron chi connectivity index (χ4n) is 9.32. The molecule has 0 aliphatic heterocycles. The van der Waals surface area contributed by atoms with Crippen LogP contribution in [0, 0.1) is 57.3 Å². The van der Waals surface area contributed by atoms with Crippen LogP contribution in [-0.4, -0.2) is 104 Å². The lowest BCUT2D eigenvalue weighted by atomic mass is 10.2. The number of esters is 2. The van der Waals surface area contributed by atoms with Gasteiger partial charge >= 0.3 is 46.6 Å². The van der Waals surface area contributed by atoms with E-state index in [9.17, 15) is 94.9 Å². The molecule has 39 heteroatoms. The fourth-order valence-corrected chi connectivity index (χ4v) is 11.1. The van der Waals surface area contributed by atoms with Gasteiger partial charge in [-0.15, -0.1) is 0 Å². The number of benzene rings is 4. The van der Waals surface area contributed by atoms with Gasteiger partial charge in [0.25, 0.3) is 33.4 Å². The predicted octanol–water partition coefficient (Wildman–Crippen LogP) is 6.73. The van der Waals surface area contributed by atoms with Crippen LogP contribution < -0.4 is 66.7 Å². The summed E-state index contributed by atoms with van der Waals surface area (Å²) >= 11 is 7.77. The van der Waals surface area contributed by atoms with Gasteiger partial charge in [0.15, 0.2) is 5.92 Å². The SMILES string of the molecule is C.C.C.CC(=O)OC(C)=O.CC(C(=O)O)C(=O)O.CNc1cc(=O)n(-c2ccc(I)cc2F)c(=O)n1C.CNc1cc(=O)n(C)c(=O)n1-c1ccc(I)cc1F.Cc1c(O)c2c(=O)n(-c3ccc(I)cc3F)c(=O)n(C)c2n(C)c1=O.Cc1c(O)c2c(=O)n(C)c(=O)n(-c3ccc(I)cc3F)c2n(C)c1=O. The second-order valence-electron chi connectivity index (χ2n) is 21.5. The molecule has 0 saturated carbocycles. The summed E-state index contributed by atoms with van der Waals surface area (Å²) in [6.07, 6.45) is 0. The molecule has 6 N–H and O–H groups in total. The number of carbonyl (C=O) groups is 4. The lowest BCUT2D eigenvalue weighted by molar-refractivity contribution is -0.157. The van der Waals surface area contributed by atoms with Crippen LogP contribution in [0.4, 0.5) is 29.2 Å². The van der Waals surface area contributed by atoms with Gasteiger partial charge in [-0.3, -0.25) is 75.3 Å². The molecule has 0 saturated heterocycles. The van der Waals surface area contributed by atoms with Gasteiger partial charge in [0.2, 0.25) is 0 Å². The molecule has 0 atom stereocenters. The van der Waals surface area contributed by atoms with Crippen molar-refractivity contribution in [1.29, 1.82) is 0 Å². The topological polar surface area (TPSA) is 402 Å². The van der Waals surface area contributed by atoms with Crippen LogP contribution in [-0.2, 0) is 66.2 Å². The minimum absolute atomic E-state index is 0. The number of ether oxygens (including phenoxy) is 1. The van der Waals surface area contributed by atoms with Crippen LogP contribution in [0.2, 0.25) is 0 Å². The van der Waals surface area contributed by atoms with Crippen LogP contribution in [0.1, 0.15) is 54.2 Å². The Morgan fingerprint density at radius 3 is 1.08 bits per heavy atom. The number of rotatable bonds is 8. The standard InChI is InChI=1S/2C16H13FIN3O4.2C12H11FIN3O2.C4H6O4.C4H6O3.3CH4/c1-7-12(22)11-13(19(2)14(7)23)21(16(25)20(3)15(11)24)10-5-4-8(18)6-9(10)17;1-7-12(22)11-13(19(2)14(7)23)20(3)16(25)21(15(11)24)10-5-4-8(18)6-9(10)17;1-15-10-6-11(18)16(2)12(19)17(10)9-4-3-7(14)5-8(9)13;1-15-10-6-11(18)17(12(19)16(10)2)9-4-3-7(14)5-8(9)13;1-2(3(5)6)4(7)8;1-3(5)7-4(2)6;;;/h2*4-6,22H,1-3H3;2*3-6,15H,1-2H3;2H,1H3,(H,5,6)(H,7,8);1-2H3;3*1H4. The Balaban J connectivity index is 0.000000449. The van der Waals surface area contributed by atoms with E-state index in [1.165, 1.54) is 135 Å². The minimum atomic E-state index is -1.31. The Bertz CT molecular complexity index is 5730. The van der Waals surface area contributed by atoms with Gasteiger partial charge in [0, 0.05) is 96.6 Å². The number of anilines is 2. The first-order valence-corrected chi connectivity index (χ1v) is 33.3. The Labute approximate surface area is 652 Å². The lowest BCUT2D eigenvalue weighted by Gasteiger charge is -2.17. The summed E-state index contributed by atoms with van der Waals surface area (Å²) in [6, 6.07) is 19.6. The predicted molar refractivity (Wildman–Crippen MR) is 424 cm³/mol. The molecular formula is C67H72F4I4N12O19. The zero-order chi connectivity index (χ0) is 78.2. The summed E-state index contributed by atoms with van der Waals surface area (Å²) in [5, 5.41) is 41.6. The van der Waals surface area contributed by atoms with Gasteiger partial charge in [-0.1, -0.05) is 22.3 Å². The first kappa shape index (κ1) is 92.0. The van der Waals surface area contributed by atoms with Crippen molar-refractivity contribution in [3.05, 3.63) is 238 Å². The first-order valence-electron chi connectivity index (χ1n) is 29.0. The molecule has 0 radical (unpaired) electrons. The zero-order valence-electron chi connectivity index (χ0n) is 56.1. The number of nitrogens with zero attached hydrogens (tertiary/aromatic N) is 10. The van der Waals surface area contributed by atoms with Crippen molar-refractivity contribution < 1.29 is 61.9 Å². The molecule has 0 amide bonds. The van der Waals surface area contributed by atoms with Crippen molar-refractivity contribution in [2.24, 2.45) is 48.2 Å². The fraction of sp³-hybridized carbons (Fsp3) is 0.254. The molecule has 10 aromatic rings. The van der Waals surface area contributed by atoms with E-state index in [0.29, 0.717) is 21.1 Å². The Morgan fingerprint density at radius 2 is 0.736 bits per heavy atom. The summed E-state index contributed by atoms with van der Waals surface area (Å²) in [5.74, 6) is -8.02. The molecule has 10 rings (SSSR count). The maximum atomic E-state index is 14.5. The van der Waals surface area contributed by atoms with Crippen molar-refractivity contribution in [3.8, 4) is 34.2 Å². The number of halogens is 8. The van der Waals surface area contributed by atoms with E-state index in [2.05, 4.69) is 15.4 Å². The van der Waals surface area contributed by atoms with Crippen molar-refractivity contribution in [3.63, 3.8) is 0 Å². The average Bonchev–Trinajstić information content (AvgIpc) is 0.737. The number of hydrogen-bond acceptors (Lipinski definition) is 19. The van der Waals surface area contributed by atoms with E-state index >= 15 is 0 Å². The molecule has 0 aliphatic carbocycles. The summed E-state index contributed by atoms with van der Waals surface area (Å²) in [7, 11) is 11.4. The average molecular weight is 1930 g/mol. The van der Waals surface area contributed by atoms with Crippen LogP contribution >= 0.6 is 90.4 Å². The van der Waals surface area contributed by atoms with E-state index < -0.39 is 121 Å². The Hall–Kier alpha value is -10.1. The molecule has 4 aromatic carbocycles. The lowest BCUT2D eigenvalue weighted by Crippen LogP contribution is -2.40. The first-order chi connectivity index (χ1) is 47.9. The van der Waals surface area contributed by atoms with E-state index in [1.54, 1.807) is 38.4 Å². The highest BCUT2D eigenvalue weighted by molar-refractivity contribution is 14.1. The summed E-state index contributed by atoms with van der Waals surface area (Å²) < 4.78 is 73.0. The maximum absolute atomic E-state index is 14.5. The van der Waals surface area contributed by atoms with Crippen molar-refractivity contribution in [2.45, 2.75) is 56.9 Å². The largest absolute Gasteiger partial charge is 0.506 e. The monoisotopic (exact) mass is 1930 g/mol. The third-order valence-corrected chi connectivity index (χ3v) is 17.4. The molecule has 0 aliphatic rings. The molecule has 106 heavy (non-hydrogen) atoms. The number of nitrogens with one attached hydrogen (secondary N) is 2. The van der Waals surface area contributed by atoms with E-state index in [1.807, 2.05) is 90.4 Å². The van der Waals surface area contributed by atoms with Gasteiger partial charge in [0.05, 0.1) is 33.9 Å². The number of pyridine rings is 2. The Morgan fingerprint density at radius 1 is 0.415 bits per heavy atom. The normalized spacial score (nSPS) is 10.3. The highest BCUT2D eigenvalue weighted by Crippen LogP contribution is 2.26. The maximum Gasteiger partial charge on any atom is 0.337 e. The third-order valence-electron chi connectivity index (χ3n) is 14.7. The van der Waals surface area contributed by atoms with Gasteiger partial charge < -0.3 is 35.8 Å². The molecule has 570 valence electrons. The van der Waals surface area contributed by atoms with Gasteiger partial charge in [0.1, 0.15) is 68.5 Å². The van der Waals surface area contributed by atoms with Gasteiger partial charge in [-0.2, -0.15) is 0 Å². The molecule has 0 unspecified atom stereocenters. The molecular weight excluding hydrogens is 1860 g/mol. The van der Waals surface area contributed by atoms with Crippen molar-refractivity contribution in [1.82, 2.24) is 45.7 Å². The molecule has 6 aromatic heterocycles. The Kier molecular flexibility index (Phi) is 33.2. The molecule has 0 bridgehead atoms. The van der Waals surface area contributed by atoms with Crippen LogP contribution in [0.15, 0.2) is 133 Å². The number of hydrogen-bond donors (Lipinski definition) is 6. The zero-order valence-corrected chi connectivity index (χ0v) is 64.7. The summed E-state index contributed by atoms with van der Waals surface area (Å²) in [6.45, 7) is 6.22. The number of carboxylic acids is 2. The van der Waals surface area contributed by atoms with E-state index in [4.69, 9.17) is 10.2 Å². The smallest absolute Gasteiger partial charge is 0.337 e. The number of fused-ring (bicyclic) bond motifs is 2. The molecule has 31 nitrogen and oxygen atoms in total. The number of aliphatic carboxylic acids is 2. The highest BCUT2D eigenvalue weighted by Gasteiger charge is 2.26. The number of aromatic nitrogens is 10. The van der Waals surface area contributed by atoms with Crippen LogP contribution in [0.5, 0.6) is 11.5 Å². The van der Waals surface area contributed by atoms with E-state index in [-0.39, 0.29) is 84.0 Å². The number of carboxylic acid groups (broad SMARTS) is 2. The highest BCUT2D eigenvalue weighted by atomic mass is 127.